The van der Waals surface area contributed by atoms with E-state index in [0.717, 1.165) is 0 Å². The summed E-state index contributed by atoms with van der Waals surface area (Å²) in [5.41, 5.74) is -0.728. The quantitative estimate of drug-likeness (QED) is 0.440. The molecule has 0 amide bonds. The zero-order valence-corrected chi connectivity index (χ0v) is 7.56. The van der Waals surface area contributed by atoms with Crippen molar-refractivity contribution >= 4 is 0 Å². The summed E-state index contributed by atoms with van der Waals surface area (Å²) in [5.74, 6) is 0. The Morgan fingerprint density at radius 2 is 1.67 bits per heavy atom. The van der Waals surface area contributed by atoms with Gasteiger partial charge in [-0.25, -0.2) is 0 Å². The van der Waals surface area contributed by atoms with Crippen molar-refractivity contribution in [1.29, 1.82) is 0 Å². The van der Waals surface area contributed by atoms with Crippen LogP contribution in [0.4, 0.5) is 0 Å². The highest BCUT2D eigenvalue weighted by molar-refractivity contribution is 4.82. The Kier molecular flexibility index (Phi) is 4.70. The van der Waals surface area contributed by atoms with E-state index in [2.05, 4.69) is 0 Å². The van der Waals surface area contributed by atoms with E-state index in [0.29, 0.717) is 0 Å². The predicted molar refractivity (Wildman–Crippen MR) is 44.6 cm³/mol. The monoisotopic (exact) mass is 178 g/mol. The molecule has 0 bridgehead atoms. The second kappa shape index (κ2) is 4.77. The lowest BCUT2D eigenvalue weighted by molar-refractivity contribution is -0.0768. The van der Waals surface area contributed by atoms with E-state index in [1.807, 2.05) is 0 Å². The van der Waals surface area contributed by atoms with Crippen LogP contribution in [0.3, 0.4) is 0 Å². The molecule has 0 saturated heterocycles. The second-order valence-electron chi connectivity index (χ2n) is 3.67. The highest BCUT2D eigenvalue weighted by atomic mass is 16.3. The summed E-state index contributed by atoms with van der Waals surface area (Å²) in [5, 5.41) is 36.1. The lowest BCUT2D eigenvalue weighted by Gasteiger charge is -2.31. The molecule has 74 valence electrons. The first-order valence-electron chi connectivity index (χ1n) is 4.03. The van der Waals surface area contributed by atoms with Gasteiger partial charge in [0.2, 0.25) is 0 Å². The van der Waals surface area contributed by atoms with E-state index >= 15 is 0 Å². The summed E-state index contributed by atoms with van der Waals surface area (Å²) in [6.45, 7) is 2.94. The van der Waals surface area contributed by atoms with Crippen molar-refractivity contribution in [3.8, 4) is 0 Å². The minimum Gasteiger partial charge on any atom is -0.396 e. The van der Waals surface area contributed by atoms with Crippen molar-refractivity contribution in [1.82, 2.24) is 0 Å². The first-order chi connectivity index (χ1) is 5.45. The van der Waals surface area contributed by atoms with Gasteiger partial charge in [0.05, 0.1) is 18.8 Å². The maximum Gasteiger partial charge on any atom is 0.0872 e. The molecule has 0 aromatic heterocycles. The molecule has 2 unspecified atom stereocenters. The van der Waals surface area contributed by atoms with E-state index in [1.54, 1.807) is 13.8 Å². The van der Waals surface area contributed by atoms with Crippen LogP contribution in [0.25, 0.3) is 0 Å². The molecule has 0 aliphatic rings. The van der Waals surface area contributed by atoms with Crippen LogP contribution < -0.4 is 0 Å². The van der Waals surface area contributed by atoms with Gasteiger partial charge in [-0.1, -0.05) is 13.8 Å². The topological polar surface area (TPSA) is 80.9 Å². The van der Waals surface area contributed by atoms with Gasteiger partial charge in [0.1, 0.15) is 0 Å². The van der Waals surface area contributed by atoms with E-state index in [-0.39, 0.29) is 19.6 Å². The van der Waals surface area contributed by atoms with Gasteiger partial charge in [-0.15, -0.1) is 0 Å². The van der Waals surface area contributed by atoms with Crippen molar-refractivity contribution in [3.05, 3.63) is 0 Å². The molecule has 0 saturated carbocycles. The maximum atomic E-state index is 9.46. The van der Waals surface area contributed by atoms with Crippen LogP contribution in [0.1, 0.15) is 20.3 Å². The SMILES string of the molecule is CC(C)(CO)C(O)C(O)CCO. The lowest BCUT2D eigenvalue weighted by atomic mass is 9.83. The minimum atomic E-state index is -1.00. The molecule has 0 fully saturated rings. The Labute approximate surface area is 72.5 Å². The molecule has 0 aromatic rings. The molecule has 0 aliphatic heterocycles. The largest absolute Gasteiger partial charge is 0.396 e. The molecule has 0 rings (SSSR count). The Morgan fingerprint density at radius 1 is 1.17 bits per heavy atom. The fraction of sp³-hybridized carbons (Fsp3) is 1.00. The average Bonchev–Trinajstić information content (AvgIpc) is 2.03. The van der Waals surface area contributed by atoms with Crippen molar-refractivity contribution in [2.24, 2.45) is 5.41 Å². The number of aliphatic hydroxyl groups excluding tert-OH is 4. The number of rotatable bonds is 5. The molecular formula is C8H18O4. The van der Waals surface area contributed by atoms with Crippen LogP contribution in [0, 0.1) is 5.41 Å². The molecule has 4 heteroatoms. The average molecular weight is 178 g/mol. The zero-order valence-electron chi connectivity index (χ0n) is 7.56. The molecular weight excluding hydrogens is 160 g/mol. The van der Waals surface area contributed by atoms with Crippen LogP contribution in [-0.2, 0) is 0 Å². The number of hydrogen-bond acceptors (Lipinski definition) is 4. The fourth-order valence-corrected chi connectivity index (χ4v) is 0.904. The van der Waals surface area contributed by atoms with Gasteiger partial charge < -0.3 is 20.4 Å². The molecule has 4 nitrogen and oxygen atoms in total. The summed E-state index contributed by atoms with van der Waals surface area (Å²) in [6.07, 6.45) is -1.85. The van der Waals surface area contributed by atoms with Gasteiger partial charge in [0.15, 0.2) is 0 Å². The van der Waals surface area contributed by atoms with Gasteiger partial charge in [-0.05, 0) is 6.42 Å². The first kappa shape index (κ1) is 11.8. The first-order valence-corrected chi connectivity index (χ1v) is 4.03. The Morgan fingerprint density at radius 3 is 2.00 bits per heavy atom. The van der Waals surface area contributed by atoms with E-state index in [9.17, 15) is 10.2 Å². The summed E-state index contributed by atoms with van der Waals surface area (Å²) in [6, 6.07) is 0. The third-order valence-corrected chi connectivity index (χ3v) is 2.00. The van der Waals surface area contributed by atoms with Crippen LogP contribution >= 0.6 is 0 Å². The van der Waals surface area contributed by atoms with E-state index in [1.165, 1.54) is 0 Å². The van der Waals surface area contributed by atoms with Crippen molar-refractivity contribution in [2.45, 2.75) is 32.5 Å². The van der Waals surface area contributed by atoms with Gasteiger partial charge in [0, 0.05) is 12.0 Å². The number of aliphatic hydroxyl groups is 4. The van der Waals surface area contributed by atoms with Gasteiger partial charge in [0.25, 0.3) is 0 Å². The fourth-order valence-electron chi connectivity index (χ4n) is 0.904. The lowest BCUT2D eigenvalue weighted by Crippen LogP contribution is -2.42. The summed E-state index contributed by atoms with van der Waals surface area (Å²) in [7, 11) is 0. The Balaban J connectivity index is 4.07. The van der Waals surface area contributed by atoms with Gasteiger partial charge >= 0.3 is 0 Å². The highest BCUT2D eigenvalue weighted by Gasteiger charge is 2.32. The van der Waals surface area contributed by atoms with Crippen molar-refractivity contribution in [3.63, 3.8) is 0 Å². The molecule has 2 atom stereocenters. The van der Waals surface area contributed by atoms with Crippen LogP contribution in [0.2, 0.25) is 0 Å². The van der Waals surface area contributed by atoms with Crippen molar-refractivity contribution in [2.75, 3.05) is 13.2 Å². The molecule has 0 heterocycles. The zero-order chi connectivity index (χ0) is 9.78. The maximum absolute atomic E-state index is 9.46. The summed E-state index contributed by atoms with van der Waals surface area (Å²) < 4.78 is 0. The molecule has 0 aromatic carbocycles. The smallest absolute Gasteiger partial charge is 0.0872 e. The van der Waals surface area contributed by atoms with Crippen LogP contribution in [0.5, 0.6) is 0 Å². The van der Waals surface area contributed by atoms with E-state index in [4.69, 9.17) is 10.2 Å². The third kappa shape index (κ3) is 3.06. The normalized spacial score (nSPS) is 17.5. The molecule has 0 spiro atoms. The van der Waals surface area contributed by atoms with Crippen LogP contribution in [-0.4, -0.2) is 45.8 Å². The summed E-state index contributed by atoms with van der Waals surface area (Å²) in [4.78, 5) is 0. The molecule has 0 aliphatic carbocycles. The Bertz CT molecular complexity index is 124. The molecule has 4 N–H and O–H groups in total. The number of hydrogen-bond donors (Lipinski definition) is 4. The van der Waals surface area contributed by atoms with E-state index < -0.39 is 17.6 Å². The van der Waals surface area contributed by atoms with Gasteiger partial charge in [-0.2, -0.15) is 0 Å². The highest BCUT2D eigenvalue weighted by Crippen LogP contribution is 2.23. The standard InChI is InChI=1S/C8H18O4/c1-8(2,5-10)7(12)6(11)3-4-9/h6-7,9-12H,3-5H2,1-2H3. The molecule has 12 heavy (non-hydrogen) atoms. The molecule has 0 radical (unpaired) electrons. The minimum absolute atomic E-state index is 0.130. The van der Waals surface area contributed by atoms with Crippen molar-refractivity contribution < 1.29 is 20.4 Å². The summed E-state index contributed by atoms with van der Waals surface area (Å²) >= 11 is 0. The second-order valence-corrected chi connectivity index (χ2v) is 3.67. The predicted octanol–water partition coefficient (Wildman–Crippen LogP) is -0.891. The third-order valence-electron chi connectivity index (χ3n) is 2.00. The van der Waals surface area contributed by atoms with Crippen LogP contribution in [0.15, 0.2) is 0 Å². The van der Waals surface area contributed by atoms with Gasteiger partial charge in [-0.3, -0.25) is 0 Å². The Hall–Kier alpha value is -0.160.